The first-order valence-electron chi connectivity index (χ1n) is 8.04. The molecule has 1 aliphatic heterocycles. The van der Waals surface area contributed by atoms with Gasteiger partial charge in [-0.05, 0) is 36.8 Å². The highest BCUT2D eigenvalue weighted by atomic mass is 16.2. The molecule has 3 aromatic rings. The molecule has 0 spiro atoms. The third-order valence-corrected chi connectivity index (χ3v) is 4.30. The molecular formula is C19H17N5O. The third kappa shape index (κ3) is 2.61. The molecule has 25 heavy (non-hydrogen) atoms. The molecule has 0 N–H and O–H groups in total. The van der Waals surface area contributed by atoms with E-state index in [0.717, 1.165) is 22.3 Å². The van der Waals surface area contributed by atoms with E-state index in [1.165, 1.54) is 0 Å². The first-order valence-corrected chi connectivity index (χ1v) is 8.04. The Balaban J connectivity index is 1.62. The molecule has 0 saturated carbocycles. The van der Waals surface area contributed by atoms with E-state index in [1.807, 2.05) is 79.3 Å². The predicted octanol–water partition coefficient (Wildman–Crippen LogP) is 3.98. The molecule has 1 aliphatic rings. The highest BCUT2D eigenvalue weighted by molar-refractivity contribution is 6.03. The van der Waals surface area contributed by atoms with E-state index in [0.29, 0.717) is 5.95 Å². The van der Waals surface area contributed by atoms with Gasteiger partial charge in [0.1, 0.15) is 0 Å². The number of aromatic nitrogens is 2. The van der Waals surface area contributed by atoms with Crippen molar-refractivity contribution in [3.63, 3.8) is 0 Å². The Bertz CT molecular complexity index is 1000. The van der Waals surface area contributed by atoms with Crippen LogP contribution in [-0.4, -0.2) is 21.5 Å². The molecule has 6 nitrogen and oxygen atoms in total. The van der Waals surface area contributed by atoms with Gasteiger partial charge in [0.15, 0.2) is 6.04 Å². The monoisotopic (exact) mass is 331 g/mol. The number of aryl methyl sites for hydroxylation is 1. The number of amides is 1. The summed E-state index contributed by atoms with van der Waals surface area (Å²) in [6.07, 6.45) is 1.82. The minimum absolute atomic E-state index is 0.105. The second-order valence-electron chi connectivity index (χ2n) is 5.99. The molecule has 1 atom stereocenters. The third-order valence-electron chi connectivity index (χ3n) is 4.30. The quantitative estimate of drug-likeness (QED) is 0.682. The molecule has 2 aromatic carbocycles. The van der Waals surface area contributed by atoms with Crippen molar-refractivity contribution in [1.29, 1.82) is 0 Å². The van der Waals surface area contributed by atoms with E-state index >= 15 is 0 Å². The Kier molecular flexibility index (Phi) is 3.65. The van der Waals surface area contributed by atoms with E-state index < -0.39 is 6.04 Å². The van der Waals surface area contributed by atoms with Crippen molar-refractivity contribution in [1.82, 2.24) is 9.55 Å². The molecule has 1 aromatic heterocycles. The van der Waals surface area contributed by atoms with Crippen LogP contribution in [0.3, 0.4) is 0 Å². The molecule has 6 heteroatoms. The molecule has 2 heterocycles. The molecule has 124 valence electrons. The van der Waals surface area contributed by atoms with Gasteiger partial charge in [0.05, 0.1) is 11.0 Å². The SMILES string of the molecule is CC1=CN(c2ccccc2)C(=O)C1N=Nc1nc2ccccc2n1C. The Morgan fingerprint density at radius 2 is 1.76 bits per heavy atom. The summed E-state index contributed by atoms with van der Waals surface area (Å²) in [5.74, 6) is 0.381. The van der Waals surface area contributed by atoms with Crippen molar-refractivity contribution in [2.24, 2.45) is 17.3 Å². The largest absolute Gasteiger partial charge is 0.310 e. The smallest absolute Gasteiger partial charge is 0.262 e. The van der Waals surface area contributed by atoms with Gasteiger partial charge in [-0.1, -0.05) is 30.3 Å². The lowest BCUT2D eigenvalue weighted by Crippen LogP contribution is -2.28. The van der Waals surface area contributed by atoms with Crippen LogP contribution in [0.15, 0.2) is 76.6 Å². The minimum atomic E-state index is -0.611. The van der Waals surface area contributed by atoms with Gasteiger partial charge in [-0.3, -0.25) is 9.69 Å². The molecule has 0 bridgehead atoms. The zero-order valence-corrected chi connectivity index (χ0v) is 14.0. The number of hydrogen-bond donors (Lipinski definition) is 0. The van der Waals surface area contributed by atoms with Crippen molar-refractivity contribution < 1.29 is 4.79 Å². The van der Waals surface area contributed by atoms with Gasteiger partial charge < -0.3 is 4.57 Å². The summed E-state index contributed by atoms with van der Waals surface area (Å²) in [5, 5.41) is 8.51. The second kappa shape index (κ2) is 5.98. The molecule has 0 radical (unpaired) electrons. The summed E-state index contributed by atoms with van der Waals surface area (Å²) >= 11 is 0. The van der Waals surface area contributed by atoms with Gasteiger partial charge in [-0.15, -0.1) is 5.11 Å². The molecule has 0 aliphatic carbocycles. The van der Waals surface area contributed by atoms with Crippen LogP contribution in [0.25, 0.3) is 11.0 Å². The van der Waals surface area contributed by atoms with E-state index in [1.54, 1.807) is 4.90 Å². The van der Waals surface area contributed by atoms with Crippen molar-refractivity contribution >= 4 is 28.6 Å². The van der Waals surface area contributed by atoms with Crippen molar-refractivity contribution in [3.8, 4) is 0 Å². The molecule has 0 saturated heterocycles. The normalized spacial score (nSPS) is 17.7. The first kappa shape index (κ1) is 15.3. The number of carbonyl (C=O) groups excluding carboxylic acids is 1. The predicted molar refractivity (Wildman–Crippen MR) is 96.7 cm³/mol. The Labute approximate surface area is 145 Å². The van der Waals surface area contributed by atoms with Gasteiger partial charge in [-0.2, -0.15) is 5.11 Å². The number of rotatable bonds is 3. The van der Waals surface area contributed by atoms with Crippen molar-refractivity contribution in [2.45, 2.75) is 13.0 Å². The van der Waals surface area contributed by atoms with Gasteiger partial charge in [0, 0.05) is 18.9 Å². The van der Waals surface area contributed by atoms with Crippen LogP contribution in [0.5, 0.6) is 0 Å². The first-order chi connectivity index (χ1) is 12.1. The van der Waals surface area contributed by atoms with E-state index in [-0.39, 0.29) is 5.91 Å². The fourth-order valence-electron chi connectivity index (χ4n) is 2.93. The van der Waals surface area contributed by atoms with Crippen LogP contribution in [0.4, 0.5) is 11.6 Å². The average molecular weight is 331 g/mol. The summed E-state index contributed by atoms with van der Waals surface area (Å²) in [5.41, 5.74) is 3.52. The topological polar surface area (TPSA) is 62.9 Å². The zero-order chi connectivity index (χ0) is 17.4. The van der Waals surface area contributed by atoms with Crippen LogP contribution in [0.1, 0.15) is 6.92 Å². The number of carbonyl (C=O) groups is 1. The number of hydrogen-bond acceptors (Lipinski definition) is 4. The summed E-state index contributed by atoms with van der Waals surface area (Å²) in [7, 11) is 1.89. The summed E-state index contributed by atoms with van der Waals surface area (Å²) < 4.78 is 1.87. The fourth-order valence-corrected chi connectivity index (χ4v) is 2.93. The number of nitrogens with zero attached hydrogens (tertiary/aromatic N) is 5. The number of imidazole rings is 1. The van der Waals surface area contributed by atoms with Crippen LogP contribution in [-0.2, 0) is 11.8 Å². The lowest BCUT2D eigenvalue weighted by molar-refractivity contribution is -0.117. The standard InChI is InChI=1S/C19H17N5O/c1-13-12-24(14-8-4-3-5-9-14)18(25)17(13)21-22-19-20-15-10-6-7-11-16(15)23(19)2/h3-12,17H,1-2H3. The van der Waals surface area contributed by atoms with Gasteiger partial charge in [0.2, 0.25) is 5.95 Å². The number of azo groups is 1. The van der Waals surface area contributed by atoms with E-state index in [2.05, 4.69) is 15.2 Å². The second-order valence-corrected chi connectivity index (χ2v) is 5.99. The molecule has 4 rings (SSSR count). The Hall–Kier alpha value is -3.28. The number of para-hydroxylation sites is 3. The summed E-state index contributed by atoms with van der Waals surface area (Å²) in [4.78, 5) is 18.8. The number of fused-ring (bicyclic) bond motifs is 1. The van der Waals surface area contributed by atoms with Crippen LogP contribution >= 0.6 is 0 Å². The fraction of sp³-hybridized carbons (Fsp3) is 0.158. The maximum Gasteiger partial charge on any atom is 0.262 e. The number of anilines is 1. The van der Waals surface area contributed by atoms with Crippen molar-refractivity contribution in [3.05, 3.63) is 66.4 Å². The highest BCUT2D eigenvalue weighted by Crippen LogP contribution is 2.27. The van der Waals surface area contributed by atoms with Crippen LogP contribution in [0, 0.1) is 0 Å². The van der Waals surface area contributed by atoms with Crippen molar-refractivity contribution in [2.75, 3.05) is 4.90 Å². The maximum absolute atomic E-state index is 12.7. The van der Waals surface area contributed by atoms with Crippen LogP contribution in [0.2, 0.25) is 0 Å². The molecule has 0 fully saturated rings. The Morgan fingerprint density at radius 1 is 1.04 bits per heavy atom. The Morgan fingerprint density at radius 3 is 2.52 bits per heavy atom. The van der Waals surface area contributed by atoms with Gasteiger partial charge in [-0.25, -0.2) is 4.98 Å². The molecular weight excluding hydrogens is 314 g/mol. The lowest BCUT2D eigenvalue weighted by atomic mass is 10.2. The lowest BCUT2D eigenvalue weighted by Gasteiger charge is -2.14. The average Bonchev–Trinajstić information content (AvgIpc) is 3.11. The summed E-state index contributed by atoms with van der Waals surface area (Å²) in [6, 6.07) is 16.7. The summed E-state index contributed by atoms with van der Waals surface area (Å²) in [6.45, 7) is 1.89. The molecule has 1 amide bonds. The van der Waals surface area contributed by atoms with Gasteiger partial charge in [0.25, 0.3) is 5.91 Å². The van der Waals surface area contributed by atoms with Crippen LogP contribution < -0.4 is 4.90 Å². The minimum Gasteiger partial charge on any atom is -0.310 e. The highest BCUT2D eigenvalue weighted by Gasteiger charge is 2.32. The van der Waals surface area contributed by atoms with Gasteiger partial charge >= 0.3 is 0 Å². The van der Waals surface area contributed by atoms with E-state index in [9.17, 15) is 4.79 Å². The maximum atomic E-state index is 12.7. The number of benzene rings is 2. The zero-order valence-electron chi connectivity index (χ0n) is 14.0. The van der Waals surface area contributed by atoms with E-state index in [4.69, 9.17) is 0 Å². The molecule has 1 unspecified atom stereocenters.